The first-order chi connectivity index (χ1) is 17.3. The smallest absolute Gasteiger partial charge is 0.234 e. The fourth-order valence-corrected chi connectivity index (χ4v) is 5.15. The summed E-state index contributed by atoms with van der Waals surface area (Å²) in [5.74, 6) is 0.445. The highest BCUT2D eigenvalue weighted by Gasteiger charge is 2.41. The first-order valence-corrected chi connectivity index (χ1v) is 12.3. The lowest BCUT2D eigenvalue weighted by atomic mass is 9.93. The van der Waals surface area contributed by atoms with Crippen LogP contribution in [0.15, 0.2) is 66.7 Å². The van der Waals surface area contributed by atoms with Crippen LogP contribution in [-0.2, 0) is 11.2 Å². The summed E-state index contributed by atoms with van der Waals surface area (Å²) in [6.07, 6.45) is 0.0211. The van der Waals surface area contributed by atoms with E-state index in [0.29, 0.717) is 22.3 Å². The van der Waals surface area contributed by atoms with Gasteiger partial charge in [0, 0.05) is 11.1 Å². The molecule has 184 valence electrons. The molecule has 1 amide bonds. The van der Waals surface area contributed by atoms with Crippen LogP contribution in [0.25, 0.3) is 11.4 Å². The third-order valence-electron chi connectivity index (χ3n) is 6.37. The number of methoxy groups -OCH3 is 1. The van der Waals surface area contributed by atoms with Crippen molar-refractivity contribution in [3.8, 4) is 17.1 Å². The number of amides is 1. The number of anilines is 1. The number of rotatable bonds is 5. The largest absolute Gasteiger partial charge is 0.496 e. The van der Waals surface area contributed by atoms with Crippen LogP contribution in [0.4, 0.5) is 10.1 Å². The molecule has 36 heavy (non-hydrogen) atoms. The lowest BCUT2D eigenvalue weighted by Crippen LogP contribution is -2.42. The van der Waals surface area contributed by atoms with Gasteiger partial charge in [0.25, 0.3) is 0 Å². The van der Waals surface area contributed by atoms with E-state index in [1.54, 1.807) is 31.4 Å². The van der Waals surface area contributed by atoms with Crippen LogP contribution in [0, 0.1) is 5.82 Å². The number of imidazole rings is 1. The van der Waals surface area contributed by atoms with E-state index in [1.165, 1.54) is 11.0 Å². The van der Waals surface area contributed by atoms with Gasteiger partial charge in [0.05, 0.1) is 41.2 Å². The minimum absolute atomic E-state index is 0.0183. The fraction of sp³-hybridized carbons (Fsp3) is 0.214. The van der Waals surface area contributed by atoms with Gasteiger partial charge in [-0.1, -0.05) is 53.5 Å². The van der Waals surface area contributed by atoms with E-state index < -0.39 is 11.9 Å². The maximum Gasteiger partial charge on any atom is 0.234 e. The molecule has 5 rings (SSSR count). The van der Waals surface area contributed by atoms with E-state index in [2.05, 4.69) is 18.4 Å². The zero-order valence-corrected chi connectivity index (χ0v) is 21.5. The number of fused-ring (bicyclic) bond motifs is 1. The second-order valence-corrected chi connectivity index (χ2v) is 9.74. The Morgan fingerprint density at radius 1 is 1.03 bits per heavy atom. The summed E-state index contributed by atoms with van der Waals surface area (Å²) in [6, 6.07) is 18.9. The fourth-order valence-electron chi connectivity index (χ4n) is 4.85. The lowest BCUT2D eigenvalue weighted by Gasteiger charge is -2.37. The number of para-hydroxylation sites is 1. The van der Waals surface area contributed by atoms with E-state index in [-0.39, 0.29) is 29.1 Å². The average molecular weight is 524 g/mol. The van der Waals surface area contributed by atoms with Crippen molar-refractivity contribution in [2.45, 2.75) is 32.4 Å². The van der Waals surface area contributed by atoms with Crippen LogP contribution in [-0.4, -0.2) is 22.6 Å². The molecule has 1 aliphatic heterocycles. The molecule has 0 fully saturated rings. The molecule has 0 aliphatic carbocycles. The SMILES string of the molecule is COc1ccccc1-c1nc2c(n1C(C)C)C(c1ccc(Cl)cc1)N(c1cccc(Cl)c1F)C(=O)C2. The standard InChI is InChI=1S/C28H24Cl2FN3O2/c1-16(2)33-27-21(32-28(33)19-7-4-5-10-23(19)36-3)15-24(35)34(22-9-6-8-20(30)25(22)31)26(27)17-11-13-18(29)14-12-17/h4-14,16,26H,15H2,1-3H3. The van der Waals surface area contributed by atoms with Crippen LogP contribution in [0.5, 0.6) is 5.75 Å². The second kappa shape index (κ2) is 9.60. The quantitative estimate of drug-likeness (QED) is 0.276. The number of ether oxygens (including phenoxy) is 1. The van der Waals surface area contributed by atoms with Gasteiger partial charge in [-0.25, -0.2) is 9.37 Å². The summed E-state index contributed by atoms with van der Waals surface area (Å²) in [5, 5.41) is 0.515. The molecular formula is C28H24Cl2FN3O2. The minimum atomic E-state index is -0.648. The summed E-state index contributed by atoms with van der Waals surface area (Å²) in [5.41, 5.74) is 3.17. The van der Waals surface area contributed by atoms with Gasteiger partial charge in [0.15, 0.2) is 5.82 Å². The van der Waals surface area contributed by atoms with Crippen molar-refractivity contribution in [3.05, 3.63) is 99.5 Å². The van der Waals surface area contributed by atoms with Crippen molar-refractivity contribution in [3.63, 3.8) is 0 Å². The molecule has 3 aromatic carbocycles. The highest BCUT2D eigenvalue weighted by Crippen LogP contribution is 2.44. The van der Waals surface area contributed by atoms with Gasteiger partial charge in [0.1, 0.15) is 17.6 Å². The number of benzene rings is 3. The van der Waals surface area contributed by atoms with Crippen molar-refractivity contribution >= 4 is 34.8 Å². The maximum atomic E-state index is 15.3. The Kier molecular flexibility index (Phi) is 6.49. The number of nitrogens with zero attached hydrogens (tertiary/aromatic N) is 3. The Balaban J connectivity index is 1.82. The number of hydrogen-bond acceptors (Lipinski definition) is 3. The van der Waals surface area contributed by atoms with Gasteiger partial charge < -0.3 is 9.30 Å². The number of halogens is 3. The molecule has 1 aromatic heterocycles. The molecule has 5 nitrogen and oxygen atoms in total. The third kappa shape index (κ3) is 4.04. The Morgan fingerprint density at radius 2 is 1.75 bits per heavy atom. The molecule has 1 atom stereocenters. The second-order valence-electron chi connectivity index (χ2n) is 8.90. The van der Waals surface area contributed by atoms with Gasteiger partial charge in [-0.2, -0.15) is 0 Å². The number of hydrogen-bond donors (Lipinski definition) is 0. The summed E-state index contributed by atoms with van der Waals surface area (Å²) < 4.78 is 23.1. The topological polar surface area (TPSA) is 47.4 Å². The van der Waals surface area contributed by atoms with Crippen molar-refractivity contribution in [1.29, 1.82) is 0 Å². The zero-order valence-electron chi connectivity index (χ0n) is 20.0. The molecule has 8 heteroatoms. The summed E-state index contributed by atoms with van der Waals surface area (Å²) in [4.78, 5) is 20.1. The molecule has 1 aliphatic rings. The predicted molar refractivity (Wildman–Crippen MR) is 140 cm³/mol. The molecule has 0 spiro atoms. The molecule has 1 unspecified atom stereocenters. The molecule has 0 bridgehead atoms. The van der Waals surface area contributed by atoms with Crippen molar-refractivity contribution in [2.75, 3.05) is 12.0 Å². The predicted octanol–water partition coefficient (Wildman–Crippen LogP) is 7.26. The molecule has 0 saturated carbocycles. The number of carbonyl (C=O) groups excluding carboxylic acids is 1. The normalized spacial score (nSPS) is 15.4. The average Bonchev–Trinajstić information content (AvgIpc) is 3.25. The molecule has 0 radical (unpaired) electrons. The first kappa shape index (κ1) is 24.3. The van der Waals surface area contributed by atoms with Crippen LogP contribution in [0.2, 0.25) is 10.0 Å². The Morgan fingerprint density at radius 3 is 2.44 bits per heavy atom. The van der Waals surface area contributed by atoms with E-state index in [9.17, 15) is 4.79 Å². The zero-order chi connectivity index (χ0) is 25.6. The monoisotopic (exact) mass is 523 g/mol. The van der Waals surface area contributed by atoms with Crippen molar-refractivity contribution in [2.24, 2.45) is 0 Å². The highest BCUT2D eigenvalue weighted by molar-refractivity contribution is 6.31. The van der Waals surface area contributed by atoms with Gasteiger partial charge in [-0.3, -0.25) is 9.69 Å². The summed E-state index contributed by atoms with van der Waals surface area (Å²) in [6.45, 7) is 4.11. The molecule has 2 heterocycles. The number of aromatic nitrogens is 2. The van der Waals surface area contributed by atoms with Gasteiger partial charge in [-0.15, -0.1) is 0 Å². The third-order valence-corrected chi connectivity index (χ3v) is 6.91. The maximum absolute atomic E-state index is 15.3. The molecule has 0 N–H and O–H groups in total. The molecule has 0 saturated heterocycles. The van der Waals surface area contributed by atoms with E-state index in [4.69, 9.17) is 32.9 Å². The van der Waals surface area contributed by atoms with E-state index in [1.807, 2.05) is 36.4 Å². The lowest BCUT2D eigenvalue weighted by molar-refractivity contribution is -0.118. The Hall–Kier alpha value is -3.35. The van der Waals surface area contributed by atoms with Crippen LogP contribution in [0.1, 0.15) is 42.9 Å². The minimum Gasteiger partial charge on any atom is -0.496 e. The Bertz CT molecular complexity index is 1450. The van der Waals surface area contributed by atoms with Crippen molar-refractivity contribution in [1.82, 2.24) is 9.55 Å². The number of carbonyl (C=O) groups is 1. The van der Waals surface area contributed by atoms with Crippen LogP contribution in [0.3, 0.4) is 0 Å². The Labute approximate surface area is 219 Å². The van der Waals surface area contributed by atoms with Crippen LogP contribution < -0.4 is 9.64 Å². The van der Waals surface area contributed by atoms with Crippen LogP contribution >= 0.6 is 23.2 Å². The van der Waals surface area contributed by atoms with E-state index in [0.717, 1.165) is 16.8 Å². The van der Waals surface area contributed by atoms with E-state index >= 15 is 4.39 Å². The van der Waals surface area contributed by atoms with Crippen molar-refractivity contribution < 1.29 is 13.9 Å². The van der Waals surface area contributed by atoms with Gasteiger partial charge in [0.2, 0.25) is 5.91 Å². The highest BCUT2D eigenvalue weighted by atomic mass is 35.5. The van der Waals surface area contributed by atoms with Gasteiger partial charge in [-0.05, 0) is 55.8 Å². The summed E-state index contributed by atoms with van der Waals surface area (Å²) in [7, 11) is 1.62. The van der Waals surface area contributed by atoms with Gasteiger partial charge >= 0.3 is 0 Å². The molecular weight excluding hydrogens is 500 g/mol. The summed E-state index contributed by atoms with van der Waals surface area (Å²) >= 11 is 12.3. The first-order valence-electron chi connectivity index (χ1n) is 11.6. The molecule has 4 aromatic rings.